The third kappa shape index (κ3) is 4.44. The first kappa shape index (κ1) is 15.8. The van der Waals surface area contributed by atoms with Crippen LogP contribution in [0.5, 0.6) is 0 Å². The molecule has 2 rings (SSSR count). The number of likely N-dealkylation sites (N-methyl/N-ethyl adjacent to an activating group) is 1. The Bertz CT molecular complexity index is 490. The molecule has 1 aliphatic rings. The standard InChI is InChI=1S/C16H25N3O2/c1-4-17-15-6-5-12(2)9-14(15)16(20)18-10-13-11-19(3)7-8-21-13/h5-6,9,13,17H,4,7-8,10-11H2,1-3H3,(H,18,20). The maximum atomic E-state index is 12.4. The molecule has 1 fully saturated rings. The summed E-state index contributed by atoms with van der Waals surface area (Å²) in [5, 5.41) is 6.21. The predicted octanol–water partition coefficient (Wildman–Crippen LogP) is 1.49. The van der Waals surface area contributed by atoms with Crippen molar-refractivity contribution in [1.29, 1.82) is 0 Å². The van der Waals surface area contributed by atoms with Crippen LogP contribution >= 0.6 is 0 Å². The minimum atomic E-state index is -0.0496. The number of carbonyl (C=O) groups is 1. The van der Waals surface area contributed by atoms with Gasteiger partial charge >= 0.3 is 0 Å². The topological polar surface area (TPSA) is 53.6 Å². The lowest BCUT2D eigenvalue weighted by Gasteiger charge is -2.30. The fraction of sp³-hybridized carbons (Fsp3) is 0.562. The molecule has 0 aromatic heterocycles. The second-order valence-electron chi connectivity index (χ2n) is 5.54. The van der Waals surface area contributed by atoms with E-state index in [1.54, 1.807) is 0 Å². The van der Waals surface area contributed by atoms with Gasteiger partial charge in [0, 0.05) is 31.9 Å². The summed E-state index contributed by atoms with van der Waals surface area (Å²) in [6.07, 6.45) is 0.0695. The summed E-state index contributed by atoms with van der Waals surface area (Å²) in [5.41, 5.74) is 2.65. The lowest BCUT2D eigenvalue weighted by Crippen LogP contribution is -2.46. The van der Waals surface area contributed by atoms with Crippen molar-refractivity contribution in [3.8, 4) is 0 Å². The number of anilines is 1. The van der Waals surface area contributed by atoms with Gasteiger partial charge < -0.3 is 20.3 Å². The highest BCUT2D eigenvalue weighted by atomic mass is 16.5. The molecule has 1 unspecified atom stereocenters. The average Bonchev–Trinajstić information content (AvgIpc) is 2.47. The van der Waals surface area contributed by atoms with Gasteiger partial charge in [-0.1, -0.05) is 11.6 Å². The molecule has 5 nitrogen and oxygen atoms in total. The second kappa shape index (κ2) is 7.43. The quantitative estimate of drug-likeness (QED) is 0.863. The highest BCUT2D eigenvalue weighted by Crippen LogP contribution is 2.17. The number of ether oxygens (including phenoxy) is 1. The molecular weight excluding hydrogens is 266 g/mol. The molecule has 1 aliphatic heterocycles. The summed E-state index contributed by atoms with van der Waals surface area (Å²) in [5.74, 6) is -0.0496. The third-order valence-corrected chi connectivity index (χ3v) is 3.62. The van der Waals surface area contributed by atoms with Crippen LogP contribution < -0.4 is 10.6 Å². The number of amides is 1. The predicted molar refractivity (Wildman–Crippen MR) is 84.9 cm³/mol. The number of hydrogen-bond acceptors (Lipinski definition) is 4. The molecule has 5 heteroatoms. The molecule has 1 heterocycles. The Morgan fingerprint density at radius 1 is 1.48 bits per heavy atom. The van der Waals surface area contributed by atoms with Gasteiger partial charge in [0.1, 0.15) is 0 Å². The van der Waals surface area contributed by atoms with Crippen LogP contribution in [0, 0.1) is 6.92 Å². The number of benzene rings is 1. The monoisotopic (exact) mass is 291 g/mol. The van der Waals surface area contributed by atoms with E-state index < -0.39 is 0 Å². The van der Waals surface area contributed by atoms with Gasteiger partial charge in [-0.25, -0.2) is 0 Å². The second-order valence-corrected chi connectivity index (χ2v) is 5.54. The molecule has 116 valence electrons. The summed E-state index contributed by atoms with van der Waals surface area (Å²) in [4.78, 5) is 14.6. The molecule has 0 spiro atoms. The van der Waals surface area contributed by atoms with E-state index in [1.807, 2.05) is 32.0 Å². The Kier molecular flexibility index (Phi) is 5.59. The SMILES string of the molecule is CCNc1ccc(C)cc1C(=O)NCC1CN(C)CCO1. The maximum absolute atomic E-state index is 12.4. The summed E-state index contributed by atoms with van der Waals surface area (Å²) in [6.45, 7) is 7.88. The van der Waals surface area contributed by atoms with Crippen LogP contribution in [0.1, 0.15) is 22.8 Å². The number of nitrogens with one attached hydrogen (secondary N) is 2. The smallest absolute Gasteiger partial charge is 0.253 e. The van der Waals surface area contributed by atoms with Crippen molar-refractivity contribution in [2.75, 3.05) is 45.2 Å². The summed E-state index contributed by atoms with van der Waals surface area (Å²) < 4.78 is 5.66. The Balaban J connectivity index is 1.97. The fourth-order valence-electron chi connectivity index (χ4n) is 2.48. The van der Waals surface area contributed by atoms with Crippen LogP contribution in [0.2, 0.25) is 0 Å². The fourth-order valence-corrected chi connectivity index (χ4v) is 2.48. The third-order valence-electron chi connectivity index (χ3n) is 3.62. The molecule has 0 bridgehead atoms. The minimum absolute atomic E-state index is 0.0496. The van der Waals surface area contributed by atoms with E-state index in [1.165, 1.54) is 0 Å². The first-order valence-corrected chi connectivity index (χ1v) is 7.53. The number of morpholine rings is 1. The average molecular weight is 291 g/mol. The zero-order valence-electron chi connectivity index (χ0n) is 13.1. The van der Waals surface area contributed by atoms with E-state index in [9.17, 15) is 4.79 Å². The number of carbonyl (C=O) groups excluding carboxylic acids is 1. The Labute approximate surface area is 126 Å². The van der Waals surface area contributed by atoms with Crippen LogP contribution in [0.25, 0.3) is 0 Å². The van der Waals surface area contributed by atoms with Crippen LogP contribution in [0.4, 0.5) is 5.69 Å². The van der Waals surface area contributed by atoms with Gasteiger partial charge in [-0.05, 0) is 33.0 Å². The van der Waals surface area contributed by atoms with E-state index >= 15 is 0 Å². The lowest BCUT2D eigenvalue weighted by atomic mass is 10.1. The largest absolute Gasteiger partial charge is 0.385 e. The molecule has 1 saturated heterocycles. The number of hydrogen-bond donors (Lipinski definition) is 2. The number of nitrogens with zero attached hydrogens (tertiary/aromatic N) is 1. The normalized spacial score (nSPS) is 19.3. The first-order valence-electron chi connectivity index (χ1n) is 7.53. The molecule has 1 aromatic rings. The van der Waals surface area contributed by atoms with Crippen molar-refractivity contribution >= 4 is 11.6 Å². The van der Waals surface area contributed by atoms with E-state index in [0.717, 1.165) is 37.5 Å². The molecule has 1 aromatic carbocycles. The summed E-state index contributed by atoms with van der Waals surface area (Å²) >= 11 is 0. The van der Waals surface area contributed by atoms with Gasteiger partial charge in [-0.3, -0.25) is 4.79 Å². The van der Waals surface area contributed by atoms with Crippen LogP contribution in [0.15, 0.2) is 18.2 Å². The van der Waals surface area contributed by atoms with Crippen LogP contribution in [0.3, 0.4) is 0 Å². The Morgan fingerprint density at radius 3 is 3.00 bits per heavy atom. The molecule has 0 saturated carbocycles. The van der Waals surface area contributed by atoms with Gasteiger partial charge in [0.25, 0.3) is 5.91 Å². The minimum Gasteiger partial charge on any atom is -0.385 e. The van der Waals surface area contributed by atoms with E-state index in [2.05, 4.69) is 22.6 Å². The van der Waals surface area contributed by atoms with Gasteiger partial charge in [-0.2, -0.15) is 0 Å². The molecule has 1 amide bonds. The zero-order chi connectivity index (χ0) is 15.2. The Morgan fingerprint density at radius 2 is 2.29 bits per heavy atom. The molecule has 21 heavy (non-hydrogen) atoms. The highest BCUT2D eigenvalue weighted by molar-refractivity contribution is 5.99. The van der Waals surface area contributed by atoms with Crippen molar-refractivity contribution < 1.29 is 9.53 Å². The van der Waals surface area contributed by atoms with Crippen molar-refractivity contribution in [1.82, 2.24) is 10.2 Å². The molecule has 0 aliphatic carbocycles. The number of aryl methyl sites for hydroxylation is 1. The van der Waals surface area contributed by atoms with Gasteiger partial charge in [0.15, 0.2) is 0 Å². The van der Waals surface area contributed by atoms with Gasteiger partial charge in [-0.15, -0.1) is 0 Å². The summed E-state index contributed by atoms with van der Waals surface area (Å²) in [7, 11) is 2.07. The van der Waals surface area contributed by atoms with E-state index in [4.69, 9.17) is 4.74 Å². The van der Waals surface area contributed by atoms with Crippen molar-refractivity contribution in [3.05, 3.63) is 29.3 Å². The summed E-state index contributed by atoms with van der Waals surface area (Å²) in [6, 6.07) is 5.88. The zero-order valence-corrected chi connectivity index (χ0v) is 13.1. The molecular formula is C16H25N3O2. The lowest BCUT2D eigenvalue weighted by molar-refractivity contribution is -0.0174. The van der Waals surface area contributed by atoms with Gasteiger partial charge in [0.2, 0.25) is 0 Å². The molecule has 1 atom stereocenters. The van der Waals surface area contributed by atoms with Crippen molar-refractivity contribution in [2.24, 2.45) is 0 Å². The molecule has 0 radical (unpaired) electrons. The van der Waals surface area contributed by atoms with Gasteiger partial charge in [0.05, 0.1) is 18.3 Å². The molecule has 2 N–H and O–H groups in total. The first-order chi connectivity index (χ1) is 10.1. The van der Waals surface area contributed by atoms with E-state index in [-0.39, 0.29) is 12.0 Å². The van der Waals surface area contributed by atoms with Crippen LogP contribution in [-0.4, -0.2) is 56.7 Å². The number of rotatable bonds is 5. The Hall–Kier alpha value is -1.59. The van der Waals surface area contributed by atoms with E-state index in [0.29, 0.717) is 12.1 Å². The maximum Gasteiger partial charge on any atom is 0.253 e. The van der Waals surface area contributed by atoms with Crippen molar-refractivity contribution in [3.63, 3.8) is 0 Å². The van der Waals surface area contributed by atoms with Crippen molar-refractivity contribution in [2.45, 2.75) is 20.0 Å². The highest BCUT2D eigenvalue weighted by Gasteiger charge is 2.19. The van der Waals surface area contributed by atoms with Crippen LogP contribution in [-0.2, 0) is 4.74 Å².